The van der Waals surface area contributed by atoms with Crippen molar-refractivity contribution in [3.8, 4) is 0 Å². The number of carbonyl (C=O) groups excluding carboxylic acids is 1. The van der Waals surface area contributed by atoms with Crippen molar-refractivity contribution in [2.75, 3.05) is 6.54 Å². The highest BCUT2D eigenvalue weighted by Gasteiger charge is 2.09. The smallest absolute Gasteiger partial charge is 0.293 e. The Bertz CT molecular complexity index is 536. The number of aromatic nitrogens is 1. The van der Waals surface area contributed by atoms with E-state index >= 15 is 0 Å². The topological polar surface area (TPSA) is 55.1 Å². The Morgan fingerprint density at radius 2 is 2.35 bits per heavy atom. The predicted octanol–water partition coefficient (Wildman–Crippen LogP) is 3.01. The fourth-order valence-corrected chi connectivity index (χ4v) is 1.70. The van der Waals surface area contributed by atoms with E-state index in [1.165, 1.54) is 0 Å². The number of halogens is 1. The summed E-state index contributed by atoms with van der Waals surface area (Å²) in [6.07, 6.45) is 2.03. The first-order valence-electron chi connectivity index (χ1n) is 5.55. The van der Waals surface area contributed by atoms with Gasteiger partial charge in [0.15, 0.2) is 5.58 Å². The second kappa shape index (κ2) is 5.19. The molecule has 90 valence electrons. The number of unbranched alkanes of at least 4 members (excludes halogenated alkanes) is 1. The summed E-state index contributed by atoms with van der Waals surface area (Å²) in [6, 6.07) is 5.07. The number of nitrogens with one attached hydrogen (secondary N) is 1. The summed E-state index contributed by atoms with van der Waals surface area (Å²) in [5, 5.41) is 2.93. The lowest BCUT2D eigenvalue weighted by atomic mass is 10.2. The molecule has 0 aliphatic heterocycles. The first-order valence-corrected chi connectivity index (χ1v) is 5.93. The van der Waals surface area contributed by atoms with Gasteiger partial charge in [-0.05, 0) is 36.2 Å². The Labute approximate surface area is 104 Å². The Morgan fingerprint density at radius 1 is 1.53 bits per heavy atom. The summed E-state index contributed by atoms with van der Waals surface area (Å²) in [7, 11) is 0. The number of fused-ring (bicyclic) bond motifs is 1. The van der Waals surface area contributed by atoms with Crippen molar-refractivity contribution < 1.29 is 9.21 Å². The average molecular weight is 253 g/mol. The lowest BCUT2D eigenvalue weighted by molar-refractivity contribution is 0.0953. The van der Waals surface area contributed by atoms with Gasteiger partial charge in [0, 0.05) is 12.1 Å². The Balaban J connectivity index is 2.15. The van der Waals surface area contributed by atoms with Gasteiger partial charge in [-0.3, -0.25) is 4.79 Å². The number of amides is 1. The van der Waals surface area contributed by atoms with Gasteiger partial charge in [-0.2, -0.15) is 4.98 Å². The highest BCUT2D eigenvalue weighted by molar-refractivity contribution is 6.28. The number of hydrogen-bond donors (Lipinski definition) is 1. The second-order valence-electron chi connectivity index (χ2n) is 3.76. The van der Waals surface area contributed by atoms with Crippen LogP contribution >= 0.6 is 11.6 Å². The van der Waals surface area contributed by atoms with Crippen LogP contribution in [0.5, 0.6) is 0 Å². The SMILES string of the molecule is CCCCNC(=O)c1ccc2oc(Cl)nc2c1. The molecule has 0 aliphatic rings. The van der Waals surface area contributed by atoms with Crippen molar-refractivity contribution in [3.05, 3.63) is 29.1 Å². The van der Waals surface area contributed by atoms with E-state index in [4.69, 9.17) is 16.0 Å². The highest BCUT2D eigenvalue weighted by Crippen LogP contribution is 2.19. The van der Waals surface area contributed by atoms with Gasteiger partial charge in [-0.15, -0.1) is 0 Å². The van der Waals surface area contributed by atoms with Crippen molar-refractivity contribution in [3.63, 3.8) is 0 Å². The van der Waals surface area contributed by atoms with E-state index in [0.717, 1.165) is 12.8 Å². The Morgan fingerprint density at radius 3 is 3.12 bits per heavy atom. The van der Waals surface area contributed by atoms with Crippen LogP contribution in [0.15, 0.2) is 22.6 Å². The van der Waals surface area contributed by atoms with Crippen molar-refractivity contribution in [2.24, 2.45) is 0 Å². The molecular formula is C12H13ClN2O2. The predicted molar refractivity (Wildman–Crippen MR) is 66.3 cm³/mol. The maximum atomic E-state index is 11.8. The van der Waals surface area contributed by atoms with E-state index in [-0.39, 0.29) is 11.3 Å². The van der Waals surface area contributed by atoms with E-state index in [2.05, 4.69) is 17.2 Å². The zero-order chi connectivity index (χ0) is 12.3. The zero-order valence-electron chi connectivity index (χ0n) is 9.50. The normalized spacial score (nSPS) is 10.7. The van der Waals surface area contributed by atoms with Gasteiger partial charge >= 0.3 is 0 Å². The molecule has 1 aromatic heterocycles. The number of hydrogen-bond acceptors (Lipinski definition) is 3. The second-order valence-corrected chi connectivity index (χ2v) is 4.08. The van der Waals surface area contributed by atoms with E-state index in [9.17, 15) is 4.79 Å². The van der Waals surface area contributed by atoms with E-state index < -0.39 is 0 Å². The molecule has 2 aromatic rings. The molecule has 1 aromatic carbocycles. The molecule has 0 aliphatic carbocycles. The van der Waals surface area contributed by atoms with Crippen molar-refractivity contribution in [1.29, 1.82) is 0 Å². The van der Waals surface area contributed by atoms with Crippen LogP contribution in [0.3, 0.4) is 0 Å². The molecule has 0 saturated heterocycles. The molecule has 5 heteroatoms. The number of benzene rings is 1. The number of oxazole rings is 1. The Kier molecular flexibility index (Phi) is 3.64. The number of rotatable bonds is 4. The van der Waals surface area contributed by atoms with E-state index in [1.807, 2.05) is 0 Å². The molecule has 0 radical (unpaired) electrons. The molecule has 4 nitrogen and oxygen atoms in total. The molecule has 0 bridgehead atoms. The van der Waals surface area contributed by atoms with Gasteiger partial charge in [-0.25, -0.2) is 0 Å². The van der Waals surface area contributed by atoms with Crippen LogP contribution in [-0.4, -0.2) is 17.4 Å². The van der Waals surface area contributed by atoms with Crippen molar-refractivity contribution >= 4 is 28.6 Å². The van der Waals surface area contributed by atoms with Crippen molar-refractivity contribution in [1.82, 2.24) is 10.3 Å². The monoisotopic (exact) mass is 252 g/mol. The maximum Gasteiger partial charge on any atom is 0.293 e. The third kappa shape index (κ3) is 2.77. The molecule has 0 saturated carbocycles. The minimum absolute atomic E-state index is 0.0866. The van der Waals surface area contributed by atoms with Gasteiger partial charge < -0.3 is 9.73 Å². The summed E-state index contributed by atoms with van der Waals surface area (Å²) < 4.78 is 5.12. The standard InChI is InChI=1S/C12H13ClN2O2/c1-2-3-6-14-11(16)8-4-5-10-9(7-8)15-12(13)17-10/h4-5,7H,2-3,6H2,1H3,(H,14,16). The van der Waals surface area contributed by atoms with Gasteiger partial charge in [0.2, 0.25) is 0 Å². The Hall–Kier alpha value is -1.55. The summed E-state index contributed by atoms with van der Waals surface area (Å²) in [6.45, 7) is 2.77. The summed E-state index contributed by atoms with van der Waals surface area (Å²) >= 11 is 5.64. The minimum atomic E-state index is -0.0977. The van der Waals surface area contributed by atoms with Gasteiger partial charge in [0.05, 0.1) is 0 Å². The van der Waals surface area contributed by atoms with Gasteiger partial charge in [0.1, 0.15) is 5.52 Å². The largest absolute Gasteiger partial charge is 0.428 e. The molecule has 1 amide bonds. The van der Waals surface area contributed by atoms with Crippen LogP contribution in [0.2, 0.25) is 5.35 Å². The fourth-order valence-electron chi connectivity index (χ4n) is 1.52. The lowest BCUT2D eigenvalue weighted by Gasteiger charge is -2.03. The van der Waals surface area contributed by atoms with Crippen LogP contribution < -0.4 is 5.32 Å². The summed E-state index contributed by atoms with van der Waals surface area (Å²) in [5.41, 5.74) is 1.75. The molecular weight excluding hydrogens is 240 g/mol. The summed E-state index contributed by atoms with van der Waals surface area (Å²) in [5.74, 6) is -0.0977. The molecule has 2 rings (SSSR count). The fraction of sp³-hybridized carbons (Fsp3) is 0.333. The zero-order valence-corrected chi connectivity index (χ0v) is 10.3. The molecule has 0 atom stereocenters. The molecule has 0 fully saturated rings. The van der Waals surface area contributed by atoms with Gasteiger partial charge in [-0.1, -0.05) is 13.3 Å². The number of carbonyl (C=O) groups is 1. The van der Waals surface area contributed by atoms with Crippen LogP contribution in [-0.2, 0) is 0 Å². The van der Waals surface area contributed by atoms with Crippen molar-refractivity contribution in [2.45, 2.75) is 19.8 Å². The van der Waals surface area contributed by atoms with Crippen LogP contribution in [0.4, 0.5) is 0 Å². The van der Waals surface area contributed by atoms with Gasteiger partial charge in [0.25, 0.3) is 11.3 Å². The third-order valence-electron chi connectivity index (χ3n) is 2.44. The van der Waals surface area contributed by atoms with Crippen LogP contribution in [0, 0.1) is 0 Å². The van der Waals surface area contributed by atoms with Crippen LogP contribution in [0.25, 0.3) is 11.1 Å². The maximum absolute atomic E-state index is 11.8. The molecule has 17 heavy (non-hydrogen) atoms. The lowest BCUT2D eigenvalue weighted by Crippen LogP contribution is -2.24. The first-order chi connectivity index (χ1) is 8.20. The van der Waals surface area contributed by atoms with Crippen LogP contribution in [0.1, 0.15) is 30.1 Å². The molecule has 1 heterocycles. The van der Waals surface area contributed by atoms with E-state index in [0.29, 0.717) is 23.2 Å². The third-order valence-corrected chi connectivity index (χ3v) is 2.60. The highest BCUT2D eigenvalue weighted by atomic mass is 35.5. The molecule has 0 spiro atoms. The first kappa shape index (κ1) is 11.9. The summed E-state index contributed by atoms with van der Waals surface area (Å²) in [4.78, 5) is 15.7. The molecule has 1 N–H and O–H groups in total. The van der Waals surface area contributed by atoms with E-state index in [1.54, 1.807) is 18.2 Å². The molecule has 0 unspecified atom stereocenters. The average Bonchev–Trinajstić information content (AvgIpc) is 2.68. The minimum Gasteiger partial charge on any atom is -0.428 e. The number of nitrogens with zero attached hydrogens (tertiary/aromatic N) is 1. The quantitative estimate of drug-likeness (QED) is 0.851.